The maximum absolute atomic E-state index is 13.8. The third kappa shape index (κ3) is 5.40. The van der Waals surface area contributed by atoms with E-state index in [0.29, 0.717) is 63.1 Å². The lowest BCUT2D eigenvalue weighted by Gasteiger charge is -2.43. The standard InChI is InChI=1S/C33H36N4O4/c1-22(38)37-15-12-26(27(21-37)23-8-4-2-5-9-23)32(40)36-16-13-33(41,14-17-36)18-25-19-34-31-29(25)28(39)20-35-30(31)24-10-6-3-7-11-24/h2-11,19-20,25-27,30,41H,12-18,21H2,1H3/t25?,26-,27+,30?/m1/s1. The number of aliphatic hydroxyl groups is 1. The highest BCUT2D eigenvalue weighted by atomic mass is 16.3. The first-order valence-electron chi connectivity index (χ1n) is 14.6. The molecule has 0 spiro atoms. The molecule has 0 saturated carbocycles. The first-order chi connectivity index (χ1) is 19.8. The predicted octanol–water partition coefficient (Wildman–Crippen LogP) is 3.73. The topological polar surface area (TPSA) is 103 Å². The number of piperidine rings is 2. The molecule has 2 fully saturated rings. The van der Waals surface area contributed by atoms with Crippen molar-refractivity contribution in [3.63, 3.8) is 0 Å². The molecule has 6 rings (SSSR count). The van der Waals surface area contributed by atoms with E-state index in [1.165, 1.54) is 6.21 Å². The molecule has 0 radical (unpaired) electrons. The van der Waals surface area contributed by atoms with Crippen LogP contribution in [0, 0.1) is 11.8 Å². The summed E-state index contributed by atoms with van der Waals surface area (Å²) in [6.07, 6.45) is 5.08. The smallest absolute Gasteiger partial charge is 0.226 e. The summed E-state index contributed by atoms with van der Waals surface area (Å²) in [6, 6.07) is 19.5. The van der Waals surface area contributed by atoms with Crippen molar-refractivity contribution in [2.75, 3.05) is 26.2 Å². The number of likely N-dealkylation sites (tertiary alicyclic amines) is 2. The summed E-state index contributed by atoms with van der Waals surface area (Å²) in [5.74, 6) is -0.551. The Bertz CT molecular complexity index is 1410. The van der Waals surface area contributed by atoms with Crippen LogP contribution in [0.4, 0.5) is 0 Å². The minimum atomic E-state index is -0.996. The van der Waals surface area contributed by atoms with Gasteiger partial charge >= 0.3 is 0 Å². The summed E-state index contributed by atoms with van der Waals surface area (Å²) >= 11 is 0. The average Bonchev–Trinajstić information content (AvgIpc) is 3.41. The van der Waals surface area contributed by atoms with Crippen LogP contribution >= 0.6 is 0 Å². The van der Waals surface area contributed by atoms with Gasteiger partial charge in [0.2, 0.25) is 17.6 Å². The number of benzene rings is 2. The lowest BCUT2D eigenvalue weighted by molar-refractivity contribution is -0.144. The zero-order valence-corrected chi connectivity index (χ0v) is 23.4. The molecular weight excluding hydrogens is 516 g/mol. The van der Waals surface area contributed by atoms with Crippen LogP contribution in [0.1, 0.15) is 55.7 Å². The molecule has 2 unspecified atom stereocenters. The van der Waals surface area contributed by atoms with Crippen LogP contribution in [-0.2, 0) is 14.4 Å². The number of hydrogen-bond acceptors (Lipinski definition) is 6. The van der Waals surface area contributed by atoms with Gasteiger partial charge in [-0.15, -0.1) is 0 Å². The summed E-state index contributed by atoms with van der Waals surface area (Å²) in [5, 5.41) is 11.6. The molecule has 41 heavy (non-hydrogen) atoms. The van der Waals surface area contributed by atoms with Crippen molar-refractivity contribution >= 4 is 30.0 Å². The summed E-state index contributed by atoms with van der Waals surface area (Å²) in [6.45, 7) is 3.61. The fraction of sp³-hybridized carbons (Fsp3) is 0.424. The van der Waals surface area contributed by atoms with Crippen molar-refractivity contribution in [3.8, 4) is 0 Å². The van der Waals surface area contributed by atoms with Crippen molar-refractivity contribution in [3.05, 3.63) is 83.1 Å². The third-order valence-corrected chi connectivity index (χ3v) is 9.23. The highest BCUT2D eigenvalue weighted by Gasteiger charge is 2.43. The number of dihydropyridines is 1. The number of rotatable bonds is 5. The maximum atomic E-state index is 13.8. The maximum Gasteiger partial charge on any atom is 0.226 e. The van der Waals surface area contributed by atoms with E-state index >= 15 is 0 Å². The van der Waals surface area contributed by atoms with E-state index in [4.69, 9.17) is 0 Å². The molecule has 2 aromatic rings. The van der Waals surface area contributed by atoms with Crippen molar-refractivity contribution in [2.45, 2.75) is 50.2 Å². The zero-order chi connectivity index (χ0) is 28.6. The lowest BCUT2D eigenvalue weighted by atomic mass is 9.77. The average molecular weight is 553 g/mol. The van der Waals surface area contributed by atoms with Crippen LogP contribution in [-0.4, -0.2) is 76.7 Å². The summed E-state index contributed by atoms with van der Waals surface area (Å²) in [7, 11) is 0. The Kier molecular flexibility index (Phi) is 7.43. The number of nitrogens with zero attached hydrogens (tertiary/aromatic N) is 4. The van der Waals surface area contributed by atoms with Gasteiger partial charge in [0.05, 0.1) is 17.5 Å². The third-order valence-electron chi connectivity index (χ3n) is 9.23. The molecule has 0 aromatic heterocycles. The second-order valence-corrected chi connectivity index (χ2v) is 11.8. The van der Waals surface area contributed by atoms with Gasteiger partial charge in [-0.05, 0) is 36.8 Å². The van der Waals surface area contributed by atoms with Crippen LogP contribution in [0.3, 0.4) is 0 Å². The van der Waals surface area contributed by atoms with Crippen molar-refractivity contribution in [1.82, 2.24) is 9.80 Å². The van der Waals surface area contributed by atoms with E-state index in [1.54, 1.807) is 13.1 Å². The van der Waals surface area contributed by atoms with Crippen LogP contribution < -0.4 is 0 Å². The fourth-order valence-corrected chi connectivity index (χ4v) is 6.91. The Hall–Kier alpha value is -3.91. The normalized spacial score (nSPS) is 27.2. The van der Waals surface area contributed by atoms with E-state index in [2.05, 4.69) is 9.98 Å². The highest BCUT2D eigenvalue weighted by molar-refractivity contribution is 6.37. The van der Waals surface area contributed by atoms with Gasteiger partial charge in [0.25, 0.3) is 0 Å². The van der Waals surface area contributed by atoms with E-state index in [1.807, 2.05) is 70.5 Å². The van der Waals surface area contributed by atoms with E-state index < -0.39 is 5.60 Å². The fourth-order valence-electron chi connectivity index (χ4n) is 6.91. The van der Waals surface area contributed by atoms with Gasteiger partial charge < -0.3 is 14.9 Å². The number of hydrogen-bond donors (Lipinski definition) is 1. The molecule has 2 aromatic carbocycles. The number of ketones is 1. The van der Waals surface area contributed by atoms with E-state index in [0.717, 1.165) is 11.1 Å². The van der Waals surface area contributed by atoms with Crippen LogP contribution in [0.15, 0.2) is 81.9 Å². The number of carbonyl (C=O) groups excluding carboxylic acids is 3. The molecule has 1 N–H and O–H groups in total. The second kappa shape index (κ2) is 11.2. The number of allylic oxidation sites excluding steroid dienone is 1. The molecule has 4 aliphatic rings. The van der Waals surface area contributed by atoms with Crippen LogP contribution in [0.2, 0.25) is 0 Å². The summed E-state index contributed by atoms with van der Waals surface area (Å²) < 4.78 is 0. The highest BCUT2D eigenvalue weighted by Crippen LogP contribution is 2.42. The minimum absolute atomic E-state index is 0.0337. The quantitative estimate of drug-likeness (QED) is 0.611. The molecule has 4 heterocycles. The second-order valence-electron chi connectivity index (χ2n) is 11.8. The van der Waals surface area contributed by atoms with Gasteiger partial charge in [-0.25, -0.2) is 0 Å². The number of aliphatic imine (C=N–C) groups is 2. The first-order valence-corrected chi connectivity index (χ1v) is 14.6. The van der Waals surface area contributed by atoms with Gasteiger partial charge in [0, 0.05) is 62.6 Å². The molecular formula is C33H36N4O4. The SMILES string of the molecule is CC(=O)N1CC[C@@H](C(=O)N2CCC(O)(CC3C=NC4=C3C(=O)C=NC4c3ccccc3)CC2)[C@H](c2ccccc2)C1. The number of Topliss-reactive ketones (excluding diaryl/α,β-unsaturated/α-hetero) is 1. The molecule has 0 aliphatic carbocycles. The van der Waals surface area contributed by atoms with Crippen molar-refractivity contribution in [2.24, 2.45) is 21.8 Å². The predicted molar refractivity (Wildman–Crippen MR) is 157 cm³/mol. The zero-order valence-electron chi connectivity index (χ0n) is 23.4. The Morgan fingerprint density at radius 1 is 0.951 bits per heavy atom. The monoisotopic (exact) mass is 552 g/mol. The Labute approximate surface area is 240 Å². The van der Waals surface area contributed by atoms with Crippen LogP contribution in [0.25, 0.3) is 0 Å². The lowest BCUT2D eigenvalue weighted by Crippen LogP contribution is -2.52. The molecule has 4 atom stereocenters. The minimum Gasteiger partial charge on any atom is -0.390 e. The summed E-state index contributed by atoms with van der Waals surface area (Å²) in [5.41, 5.74) is 2.36. The van der Waals surface area contributed by atoms with Crippen LogP contribution in [0.5, 0.6) is 0 Å². The molecule has 2 amide bonds. The molecule has 8 heteroatoms. The molecule has 0 bridgehead atoms. The molecule has 2 saturated heterocycles. The van der Waals surface area contributed by atoms with E-state index in [-0.39, 0.29) is 41.4 Å². The van der Waals surface area contributed by atoms with Crippen molar-refractivity contribution in [1.29, 1.82) is 0 Å². The Morgan fingerprint density at radius 2 is 1.61 bits per heavy atom. The van der Waals surface area contributed by atoms with Crippen molar-refractivity contribution < 1.29 is 19.5 Å². The molecule has 212 valence electrons. The van der Waals surface area contributed by atoms with Gasteiger partial charge in [-0.1, -0.05) is 60.7 Å². The Morgan fingerprint density at radius 3 is 2.27 bits per heavy atom. The molecule has 8 nitrogen and oxygen atoms in total. The molecule has 4 aliphatic heterocycles. The first kappa shape index (κ1) is 27.3. The van der Waals surface area contributed by atoms with E-state index in [9.17, 15) is 19.5 Å². The number of amides is 2. The van der Waals surface area contributed by atoms with Gasteiger partial charge in [0.15, 0.2) is 0 Å². The Balaban J connectivity index is 1.13. The van der Waals surface area contributed by atoms with Gasteiger partial charge in [-0.3, -0.25) is 24.4 Å². The largest absolute Gasteiger partial charge is 0.390 e. The van der Waals surface area contributed by atoms with Gasteiger partial charge in [0.1, 0.15) is 6.04 Å². The summed E-state index contributed by atoms with van der Waals surface area (Å²) in [4.78, 5) is 51.6. The number of carbonyl (C=O) groups is 3. The van der Waals surface area contributed by atoms with Gasteiger partial charge in [-0.2, -0.15) is 0 Å².